The Hall–Kier alpha value is -2.86. The zero-order valence-electron chi connectivity index (χ0n) is 12.6. The topological polar surface area (TPSA) is 70.2 Å². The molecule has 24 heavy (non-hydrogen) atoms. The molecule has 122 valence electrons. The van der Waals surface area contributed by atoms with Crippen molar-refractivity contribution in [3.63, 3.8) is 0 Å². The second kappa shape index (κ2) is 7.14. The molecule has 2 aromatic carbocycles. The van der Waals surface area contributed by atoms with Crippen LogP contribution in [0.1, 0.15) is 11.1 Å². The third kappa shape index (κ3) is 3.91. The number of aromatic nitrogens is 2. The summed E-state index contributed by atoms with van der Waals surface area (Å²) >= 11 is 6.06. The molecule has 0 saturated heterocycles. The summed E-state index contributed by atoms with van der Waals surface area (Å²) in [5.41, 5.74) is 1.85. The molecule has 0 aliphatic carbocycles. The first-order valence-electron chi connectivity index (χ1n) is 7.25. The summed E-state index contributed by atoms with van der Waals surface area (Å²) in [4.78, 5) is 10.2. The minimum Gasteiger partial charge on any atom is -0.489 e. The van der Waals surface area contributed by atoms with Crippen molar-refractivity contribution in [1.29, 1.82) is 0 Å². The normalized spacial score (nSPS) is 10.5. The Kier molecular flexibility index (Phi) is 4.77. The minimum absolute atomic E-state index is 0.191. The molecule has 0 saturated carbocycles. The molecule has 1 aromatic heterocycles. The SMILES string of the molecule is O=[N+]([O-])c1ccn(Cc2cc(Cl)ccc2OCc2ccccc2)n1. The van der Waals surface area contributed by atoms with Crippen molar-refractivity contribution >= 4 is 17.4 Å². The molecule has 6 nitrogen and oxygen atoms in total. The maximum atomic E-state index is 10.7. The van der Waals surface area contributed by atoms with Gasteiger partial charge < -0.3 is 14.9 Å². The molecule has 0 N–H and O–H groups in total. The zero-order valence-corrected chi connectivity index (χ0v) is 13.4. The first-order chi connectivity index (χ1) is 11.6. The van der Waals surface area contributed by atoms with E-state index in [1.807, 2.05) is 30.3 Å². The van der Waals surface area contributed by atoms with Crippen LogP contribution in [0, 0.1) is 10.1 Å². The Morgan fingerprint density at radius 3 is 2.67 bits per heavy atom. The van der Waals surface area contributed by atoms with Crippen molar-refractivity contribution in [2.75, 3.05) is 0 Å². The van der Waals surface area contributed by atoms with E-state index in [0.717, 1.165) is 11.1 Å². The number of nitrogens with zero attached hydrogens (tertiary/aromatic N) is 3. The van der Waals surface area contributed by atoms with Gasteiger partial charge in [0.1, 0.15) is 12.4 Å². The standard InChI is InChI=1S/C17H14ClN3O3/c18-15-6-7-16(24-12-13-4-2-1-3-5-13)14(10-15)11-20-9-8-17(19-20)21(22)23/h1-10H,11-12H2. The lowest BCUT2D eigenvalue weighted by Gasteiger charge is -2.11. The Labute approximate surface area is 143 Å². The smallest absolute Gasteiger partial charge is 0.389 e. The quantitative estimate of drug-likeness (QED) is 0.499. The van der Waals surface area contributed by atoms with E-state index in [-0.39, 0.29) is 5.82 Å². The van der Waals surface area contributed by atoms with E-state index in [4.69, 9.17) is 16.3 Å². The first kappa shape index (κ1) is 16.0. The van der Waals surface area contributed by atoms with Gasteiger partial charge in [-0.05, 0) is 28.7 Å². The first-order valence-corrected chi connectivity index (χ1v) is 7.62. The van der Waals surface area contributed by atoms with Crippen molar-refractivity contribution in [3.8, 4) is 5.75 Å². The zero-order chi connectivity index (χ0) is 16.9. The number of ether oxygens (including phenoxy) is 1. The van der Waals surface area contributed by atoms with Gasteiger partial charge in [-0.1, -0.05) is 41.9 Å². The van der Waals surface area contributed by atoms with Gasteiger partial charge in [-0.25, -0.2) is 0 Å². The van der Waals surface area contributed by atoms with Crippen LogP contribution in [0.3, 0.4) is 0 Å². The largest absolute Gasteiger partial charge is 0.489 e. The van der Waals surface area contributed by atoms with Crippen molar-refractivity contribution in [3.05, 3.63) is 87.1 Å². The van der Waals surface area contributed by atoms with Crippen molar-refractivity contribution in [2.45, 2.75) is 13.2 Å². The molecular weight excluding hydrogens is 330 g/mol. The number of halogens is 1. The van der Waals surface area contributed by atoms with Crippen LogP contribution < -0.4 is 4.74 Å². The average Bonchev–Trinajstić information content (AvgIpc) is 3.04. The summed E-state index contributed by atoms with van der Waals surface area (Å²) in [5.74, 6) is 0.477. The molecule has 0 radical (unpaired) electrons. The Morgan fingerprint density at radius 1 is 1.17 bits per heavy atom. The molecule has 0 aliphatic heterocycles. The number of nitro groups is 1. The van der Waals surface area contributed by atoms with Crippen LogP contribution >= 0.6 is 11.6 Å². The fourth-order valence-electron chi connectivity index (χ4n) is 2.26. The highest BCUT2D eigenvalue weighted by Crippen LogP contribution is 2.25. The van der Waals surface area contributed by atoms with Crippen LogP contribution in [0.5, 0.6) is 5.75 Å². The molecule has 0 atom stereocenters. The van der Waals surface area contributed by atoms with E-state index in [1.54, 1.807) is 24.4 Å². The third-order valence-corrected chi connectivity index (χ3v) is 3.64. The minimum atomic E-state index is -0.527. The van der Waals surface area contributed by atoms with Gasteiger partial charge >= 0.3 is 5.82 Å². The van der Waals surface area contributed by atoms with E-state index >= 15 is 0 Å². The fraction of sp³-hybridized carbons (Fsp3) is 0.118. The van der Waals surface area contributed by atoms with E-state index in [2.05, 4.69) is 5.10 Å². The van der Waals surface area contributed by atoms with Crippen molar-refractivity contribution in [1.82, 2.24) is 9.78 Å². The average molecular weight is 344 g/mol. The van der Waals surface area contributed by atoms with E-state index in [0.29, 0.717) is 23.9 Å². The lowest BCUT2D eigenvalue weighted by molar-refractivity contribution is -0.389. The summed E-state index contributed by atoms with van der Waals surface area (Å²) < 4.78 is 7.36. The van der Waals surface area contributed by atoms with Gasteiger partial charge in [-0.3, -0.25) is 0 Å². The Balaban J connectivity index is 1.78. The Bertz CT molecular complexity index is 849. The van der Waals surface area contributed by atoms with E-state index < -0.39 is 4.92 Å². The highest BCUT2D eigenvalue weighted by atomic mass is 35.5. The maximum absolute atomic E-state index is 10.7. The van der Waals surface area contributed by atoms with Crippen molar-refractivity contribution < 1.29 is 9.66 Å². The monoisotopic (exact) mass is 343 g/mol. The van der Waals surface area contributed by atoms with Gasteiger partial charge in [0.2, 0.25) is 0 Å². The maximum Gasteiger partial charge on any atom is 0.389 e. The van der Waals surface area contributed by atoms with E-state index in [9.17, 15) is 10.1 Å². The van der Waals surface area contributed by atoms with Gasteiger partial charge in [0, 0.05) is 10.6 Å². The lowest BCUT2D eigenvalue weighted by atomic mass is 10.2. The van der Waals surface area contributed by atoms with Crippen LogP contribution in [0.25, 0.3) is 0 Å². The number of hydrogen-bond donors (Lipinski definition) is 0. The van der Waals surface area contributed by atoms with Crippen LogP contribution in [0.4, 0.5) is 5.82 Å². The molecular formula is C17H14ClN3O3. The third-order valence-electron chi connectivity index (χ3n) is 3.41. The molecule has 0 amide bonds. The molecule has 3 rings (SSSR count). The van der Waals surface area contributed by atoms with Gasteiger partial charge in [-0.15, -0.1) is 0 Å². The predicted octanol–water partition coefficient (Wildman–Crippen LogP) is 4.07. The van der Waals surface area contributed by atoms with Gasteiger partial charge in [0.15, 0.2) is 0 Å². The molecule has 1 heterocycles. The summed E-state index contributed by atoms with van der Waals surface area (Å²) in [5, 5.41) is 15.2. The van der Waals surface area contributed by atoms with Crippen LogP contribution in [0.15, 0.2) is 60.8 Å². The van der Waals surface area contributed by atoms with Crippen LogP contribution in [0.2, 0.25) is 5.02 Å². The molecule has 0 bridgehead atoms. The molecule has 0 spiro atoms. The molecule has 0 unspecified atom stereocenters. The molecule has 3 aromatic rings. The number of benzene rings is 2. The second-order valence-electron chi connectivity index (χ2n) is 5.15. The van der Waals surface area contributed by atoms with Gasteiger partial charge in [-0.2, -0.15) is 4.68 Å². The summed E-state index contributed by atoms with van der Waals surface area (Å²) in [6.07, 6.45) is 1.56. The molecule has 0 fully saturated rings. The predicted molar refractivity (Wildman–Crippen MR) is 90.2 cm³/mol. The Morgan fingerprint density at radius 2 is 1.96 bits per heavy atom. The number of hydrogen-bond acceptors (Lipinski definition) is 4. The van der Waals surface area contributed by atoms with Crippen LogP contribution in [-0.2, 0) is 13.2 Å². The highest BCUT2D eigenvalue weighted by molar-refractivity contribution is 6.30. The summed E-state index contributed by atoms with van der Waals surface area (Å²) in [6, 6.07) is 16.5. The summed E-state index contributed by atoms with van der Waals surface area (Å²) in [7, 11) is 0. The van der Waals surface area contributed by atoms with Gasteiger partial charge in [0.25, 0.3) is 0 Å². The molecule has 0 aliphatic rings. The van der Waals surface area contributed by atoms with Crippen LogP contribution in [-0.4, -0.2) is 14.7 Å². The summed E-state index contributed by atoms with van der Waals surface area (Å²) in [6.45, 7) is 0.757. The highest BCUT2D eigenvalue weighted by Gasteiger charge is 2.13. The number of rotatable bonds is 6. The lowest BCUT2D eigenvalue weighted by Crippen LogP contribution is -2.05. The van der Waals surface area contributed by atoms with E-state index in [1.165, 1.54) is 10.7 Å². The molecule has 7 heteroatoms. The van der Waals surface area contributed by atoms with Crippen molar-refractivity contribution in [2.24, 2.45) is 0 Å². The van der Waals surface area contributed by atoms with Gasteiger partial charge in [0.05, 0.1) is 23.9 Å². The fourth-order valence-corrected chi connectivity index (χ4v) is 2.45. The second-order valence-corrected chi connectivity index (χ2v) is 5.59.